The first-order valence-corrected chi connectivity index (χ1v) is 15.5. The lowest BCUT2D eigenvalue weighted by Gasteiger charge is -2.12. The Bertz CT molecular complexity index is 1790. The van der Waals surface area contributed by atoms with E-state index in [2.05, 4.69) is 31.9 Å². The van der Waals surface area contributed by atoms with Gasteiger partial charge in [-0.3, -0.25) is 14.4 Å². The number of carbonyl (C=O) groups is 3. The first kappa shape index (κ1) is 30.5. The van der Waals surface area contributed by atoms with Crippen molar-refractivity contribution in [2.75, 3.05) is 16.4 Å². The van der Waals surface area contributed by atoms with Crippen LogP contribution in [0.2, 0.25) is 0 Å². The van der Waals surface area contributed by atoms with Crippen LogP contribution >= 0.6 is 27.7 Å². The molecule has 0 atom stereocenters. The van der Waals surface area contributed by atoms with E-state index in [0.717, 1.165) is 26.1 Å². The summed E-state index contributed by atoms with van der Waals surface area (Å²) in [4.78, 5) is 39.9. The Morgan fingerprint density at radius 3 is 2.07 bits per heavy atom. The fourth-order valence-corrected chi connectivity index (χ4v) is 5.41. The van der Waals surface area contributed by atoms with Crippen LogP contribution in [0.25, 0.3) is 17.2 Å². The Morgan fingerprint density at radius 2 is 1.34 bits per heavy atom. The van der Waals surface area contributed by atoms with Gasteiger partial charge in [0.25, 0.3) is 11.8 Å². The molecular formula is C36H28BrN3O3S. The smallest absolute Gasteiger partial charge is 0.272 e. The second-order valence-corrected chi connectivity index (χ2v) is 11.6. The number of anilines is 2. The standard InChI is InChI=1S/C36H28BrN3O3S/c37-31-16-7-8-17-32(31)39-34(41)24-44-30-15-9-14-29(23-30)38-36(43)33(40-35(42)28-12-5-2-6-13-28)22-25-18-20-27(21-19-25)26-10-3-1-4-11-26/h1-23H,24H2,(H,38,43)(H,39,41)(H,40,42)/b33-22+. The Hall–Kier alpha value is -4.92. The topological polar surface area (TPSA) is 87.3 Å². The van der Waals surface area contributed by atoms with Gasteiger partial charge in [-0.05, 0) is 81.2 Å². The van der Waals surface area contributed by atoms with E-state index >= 15 is 0 Å². The fraction of sp³-hybridized carbons (Fsp3) is 0.0278. The minimum Gasteiger partial charge on any atom is -0.324 e. The minimum atomic E-state index is -0.477. The molecule has 0 saturated carbocycles. The van der Waals surface area contributed by atoms with Crippen molar-refractivity contribution in [1.82, 2.24) is 5.32 Å². The second kappa shape index (κ2) is 15.0. The maximum Gasteiger partial charge on any atom is 0.272 e. The first-order valence-electron chi connectivity index (χ1n) is 13.8. The lowest BCUT2D eigenvalue weighted by atomic mass is 10.0. The molecule has 3 amide bonds. The summed E-state index contributed by atoms with van der Waals surface area (Å²) in [5.41, 5.74) is 4.64. The summed E-state index contributed by atoms with van der Waals surface area (Å²) < 4.78 is 0.804. The molecular weight excluding hydrogens is 634 g/mol. The van der Waals surface area contributed by atoms with Crippen LogP contribution in [0.1, 0.15) is 15.9 Å². The highest BCUT2D eigenvalue weighted by molar-refractivity contribution is 9.10. The normalized spacial score (nSPS) is 11.0. The van der Waals surface area contributed by atoms with Gasteiger partial charge in [0.2, 0.25) is 5.91 Å². The molecule has 5 aromatic rings. The Balaban J connectivity index is 1.30. The average Bonchev–Trinajstić information content (AvgIpc) is 3.06. The number of thioether (sulfide) groups is 1. The summed E-state index contributed by atoms with van der Waals surface area (Å²) in [7, 11) is 0. The van der Waals surface area contributed by atoms with Crippen molar-refractivity contribution in [2.45, 2.75) is 4.90 Å². The lowest BCUT2D eigenvalue weighted by molar-refractivity contribution is -0.114. The molecule has 0 spiro atoms. The predicted octanol–water partition coefficient (Wildman–Crippen LogP) is 8.26. The van der Waals surface area contributed by atoms with Crippen molar-refractivity contribution in [2.24, 2.45) is 0 Å². The maximum absolute atomic E-state index is 13.5. The zero-order chi connectivity index (χ0) is 30.7. The number of hydrogen-bond donors (Lipinski definition) is 3. The van der Waals surface area contributed by atoms with Gasteiger partial charge in [0, 0.05) is 20.6 Å². The molecule has 44 heavy (non-hydrogen) atoms. The first-order chi connectivity index (χ1) is 21.4. The SMILES string of the molecule is O=C(CSc1cccc(NC(=O)/C(=C\c2ccc(-c3ccccc3)cc2)NC(=O)c2ccccc2)c1)Nc1ccccc1Br. The molecule has 5 aromatic carbocycles. The van der Waals surface area contributed by atoms with Gasteiger partial charge in [0.1, 0.15) is 5.70 Å². The summed E-state index contributed by atoms with van der Waals surface area (Å²) in [6.07, 6.45) is 1.65. The van der Waals surface area contributed by atoms with Crippen molar-refractivity contribution in [3.05, 3.63) is 155 Å². The van der Waals surface area contributed by atoms with Gasteiger partial charge >= 0.3 is 0 Å². The van der Waals surface area contributed by atoms with Crippen LogP contribution in [0.15, 0.2) is 149 Å². The Labute approximate surface area is 268 Å². The van der Waals surface area contributed by atoms with Crippen LogP contribution in [0.5, 0.6) is 0 Å². The monoisotopic (exact) mass is 661 g/mol. The van der Waals surface area contributed by atoms with E-state index < -0.39 is 11.8 Å². The molecule has 6 nitrogen and oxygen atoms in total. The molecule has 0 fully saturated rings. The van der Waals surface area contributed by atoms with E-state index in [4.69, 9.17) is 0 Å². The highest BCUT2D eigenvalue weighted by Gasteiger charge is 2.16. The van der Waals surface area contributed by atoms with E-state index in [1.807, 2.05) is 91.0 Å². The molecule has 0 aliphatic rings. The number of halogens is 1. The summed E-state index contributed by atoms with van der Waals surface area (Å²) in [5, 5.41) is 8.55. The Kier molecular flexibility index (Phi) is 10.4. The maximum atomic E-state index is 13.5. The summed E-state index contributed by atoms with van der Waals surface area (Å²) in [5.74, 6) is -0.831. The van der Waals surface area contributed by atoms with Crippen molar-refractivity contribution >= 4 is 62.9 Å². The molecule has 5 rings (SSSR count). The van der Waals surface area contributed by atoms with Crippen LogP contribution in [0, 0.1) is 0 Å². The second-order valence-electron chi connectivity index (χ2n) is 9.66. The number of para-hydroxylation sites is 1. The van der Waals surface area contributed by atoms with Gasteiger partial charge in [0.05, 0.1) is 11.4 Å². The Morgan fingerprint density at radius 1 is 0.682 bits per heavy atom. The number of rotatable bonds is 10. The molecule has 0 radical (unpaired) electrons. The number of hydrogen-bond acceptors (Lipinski definition) is 4. The molecule has 0 aromatic heterocycles. The molecule has 8 heteroatoms. The lowest BCUT2D eigenvalue weighted by Crippen LogP contribution is -2.30. The third-order valence-electron chi connectivity index (χ3n) is 6.47. The highest BCUT2D eigenvalue weighted by atomic mass is 79.9. The van der Waals surface area contributed by atoms with Gasteiger partial charge in [0.15, 0.2) is 0 Å². The zero-order valence-corrected chi connectivity index (χ0v) is 25.9. The number of nitrogens with one attached hydrogen (secondary N) is 3. The molecule has 0 saturated heterocycles. The molecule has 0 aliphatic carbocycles. The molecule has 0 bridgehead atoms. The van der Waals surface area contributed by atoms with E-state index in [1.54, 1.807) is 48.5 Å². The molecule has 0 heterocycles. The van der Waals surface area contributed by atoms with Gasteiger partial charge in [-0.25, -0.2) is 0 Å². The fourth-order valence-electron chi connectivity index (χ4n) is 4.27. The van der Waals surface area contributed by atoms with Crippen LogP contribution in [-0.4, -0.2) is 23.5 Å². The molecule has 218 valence electrons. The zero-order valence-electron chi connectivity index (χ0n) is 23.5. The van der Waals surface area contributed by atoms with E-state index in [9.17, 15) is 14.4 Å². The number of benzene rings is 5. The molecule has 3 N–H and O–H groups in total. The molecule has 0 unspecified atom stereocenters. The van der Waals surface area contributed by atoms with Crippen LogP contribution in [0.4, 0.5) is 11.4 Å². The third-order valence-corrected chi connectivity index (χ3v) is 8.15. The van der Waals surface area contributed by atoms with Crippen molar-refractivity contribution < 1.29 is 14.4 Å². The van der Waals surface area contributed by atoms with Gasteiger partial charge < -0.3 is 16.0 Å². The largest absolute Gasteiger partial charge is 0.324 e. The van der Waals surface area contributed by atoms with Crippen LogP contribution in [-0.2, 0) is 9.59 Å². The van der Waals surface area contributed by atoms with Crippen molar-refractivity contribution in [1.29, 1.82) is 0 Å². The van der Waals surface area contributed by atoms with Crippen molar-refractivity contribution in [3.63, 3.8) is 0 Å². The quantitative estimate of drug-likeness (QED) is 0.104. The summed E-state index contributed by atoms with van der Waals surface area (Å²) in [6, 6.07) is 41.1. The number of amides is 3. The molecule has 0 aliphatic heterocycles. The summed E-state index contributed by atoms with van der Waals surface area (Å²) in [6.45, 7) is 0. The highest BCUT2D eigenvalue weighted by Crippen LogP contribution is 2.25. The average molecular weight is 663 g/mol. The van der Waals surface area contributed by atoms with E-state index in [1.165, 1.54) is 11.8 Å². The van der Waals surface area contributed by atoms with Crippen molar-refractivity contribution in [3.8, 4) is 11.1 Å². The van der Waals surface area contributed by atoms with Crippen LogP contribution in [0.3, 0.4) is 0 Å². The minimum absolute atomic E-state index is 0.0946. The van der Waals surface area contributed by atoms with E-state index in [-0.39, 0.29) is 17.4 Å². The van der Waals surface area contributed by atoms with Crippen LogP contribution < -0.4 is 16.0 Å². The number of carbonyl (C=O) groups excluding carboxylic acids is 3. The third kappa shape index (κ3) is 8.56. The summed E-state index contributed by atoms with van der Waals surface area (Å²) >= 11 is 4.78. The van der Waals surface area contributed by atoms with Gasteiger partial charge in [-0.1, -0.05) is 91.0 Å². The van der Waals surface area contributed by atoms with Gasteiger partial charge in [-0.15, -0.1) is 11.8 Å². The van der Waals surface area contributed by atoms with E-state index in [0.29, 0.717) is 16.9 Å². The predicted molar refractivity (Wildman–Crippen MR) is 182 cm³/mol. The van der Waals surface area contributed by atoms with Gasteiger partial charge in [-0.2, -0.15) is 0 Å².